The number of hydrogen-bond donors (Lipinski definition) is 1. The maximum atomic E-state index is 12.3. The molecule has 1 saturated carbocycles. The topological polar surface area (TPSA) is 47.6 Å². The molecule has 4 nitrogen and oxygen atoms in total. The molecule has 1 aromatic rings. The fourth-order valence-electron chi connectivity index (χ4n) is 2.52. The van der Waals surface area contributed by atoms with Gasteiger partial charge in [0.05, 0.1) is 19.8 Å². The highest BCUT2D eigenvalue weighted by Gasteiger charge is 2.23. The summed E-state index contributed by atoms with van der Waals surface area (Å²) in [5.74, 6) is 1.51. The van der Waals surface area contributed by atoms with Crippen molar-refractivity contribution in [2.75, 3.05) is 20.8 Å². The van der Waals surface area contributed by atoms with Gasteiger partial charge in [0.25, 0.3) is 5.91 Å². The van der Waals surface area contributed by atoms with Gasteiger partial charge in [-0.05, 0) is 43.4 Å². The van der Waals surface area contributed by atoms with E-state index < -0.39 is 0 Å². The van der Waals surface area contributed by atoms with Gasteiger partial charge in [-0.1, -0.05) is 0 Å². The molecule has 1 fully saturated rings. The van der Waals surface area contributed by atoms with Crippen LogP contribution in [-0.4, -0.2) is 32.0 Å². The Kier molecular flexibility index (Phi) is 5.12. The highest BCUT2D eigenvalue weighted by atomic mass is 35.5. The summed E-state index contributed by atoms with van der Waals surface area (Å²) in [5, 5.41) is 3.21. The fraction of sp³-hybridized carbons (Fsp3) is 0.533. The molecule has 0 bridgehead atoms. The normalized spacial score (nSPS) is 21.6. The molecule has 1 aliphatic rings. The van der Waals surface area contributed by atoms with Gasteiger partial charge >= 0.3 is 0 Å². The van der Waals surface area contributed by atoms with E-state index in [0.29, 0.717) is 29.5 Å². The van der Waals surface area contributed by atoms with Gasteiger partial charge in [-0.15, -0.1) is 11.6 Å². The second-order valence-corrected chi connectivity index (χ2v) is 5.67. The molecule has 2 unspecified atom stereocenters. The summed E-state index contributed by atoms with van der Waals surface area (Å²) in [4.78, 5) is 12.3. The predicted molar refractivity (Wildman–Crippen MR) is 78.9 cm³/mol. The Bertz CT molecular complexity index is 478. The SMILES string of the molecule is COc1ccc(OC)c(C(=O)NCC2CCC(Cl)C2)c1. The lowest BCUT2D eigenvalue weighted by molar-refractivity contribution is 0.0944. The largest absolute Gasteiger partial charge is 0.497 e. The summed E-state index contributed by atoms with van der Waals surface area (Å²) in [6.45, 7) is 0.655. The third kappa shape index (κ3) is 3.57. The van der Waals surface area contributed by atoms with Crippen molar-refractivity contribution in [3.63, 3.8) is 0 Å². The number of carbonyl (C=O) groups excluding carboxylic acids is 1. The maximum absolute atomic E-state index is 12.3. The lowest BCUT2D eigenvalue weighted by atomic mass is 10.1. The van der Waals surface area contributed by atoms with Crippen molar-refractivity contribution in [1.29, 1.82) is 0 Å². The van der Waals surface area contributed by atoms with Crippen molar-refractivity contribution in [1.82, 2.24) is 5.32 Å². The van der Waals surface area contributed by atoms with Crippen molar-refractivity contribution in [2.45, 2.75) is 24.6 Å². The average molecular weight is 298 g/mol. The van der Waals surface area contributed by atoms with E-state index in [1.54, 1.807) is 32.4 Å². The first-order valence-corrected chi connectivity index (χ1v) is 7.22. The maximum Gasteiger partial charge on any atom is 0.255 e. The Balaban J connectivity index is 2.00. The molecule has 0 saturated heterocycles. The molecule has 110 valence electrons. The van der Waals surface area contributed by atoms with Crippen LogP contribution in [0.15, 0.2) is 18.2 Å². The Morgan fingerprint density at radius 2 is 2.15 bits per heavy atom. The third-order valence-corrected chi connectivity index (χ3v) is 4.08. The number of benzene rings is 1. The standard InChI is InChI=1S/C15H20ClNO3/c1-19-12-5-6-14(20-2)13(8-12)15(18)17-9-10-3-4-11(16)7-10/h5-6,8,10-11H,3-4,7,9H2,1-2H3,(H,17,18). The number of methoxy groups -OCH3 is 2. The molecule has 0 aromatic heterocycles. The Morgan fingerprint density at radius 3 is 2.75 bits per heavy atom. The van der Waals surface area contributed by atoms with Gasteiger partial charge in [-0.3, -0.25) is 4.79 Å². The minimum absolute atomic E-state index is 0.140. The molecule has 1 amide bonds. The van der Waals surface area contributed by atoms with E-state index in [-0.39, 0.29) is 11.3 Å². The highest BCUT2D eigenvalue weighted by molar-refractivity contribution is 6.20. The first kappa shape index (κ1) is 15.0. The van der Waals surface area contributed by atoms with Crippen LogP contribution >= 0.6 is 11.6 Å². The summed E-state index contributed by atoms with van der Waals surface area (Å²) < 4.78 is 10.4. The van der Waals surface area contributed by atoms with Crippen LogP contribution in [0.5, 0.6) is 11.5 Å². The minimum atomic E-state index is -0.140. The Hall–Kier alpha value is -1.42. The van der Waals surface area contributed by atoms with Crippen LogP contribution in [0.3, 0.4) is 0 Å². The second-order valence-electron chi connectivity index (χ2n) is 5.05. The zero-order valence-electron chi connectivity index (χ0n) is 11.8. The molecule has 1 N–H and O–H groups in total. The number of amides is 1. The van der Waals surface area contributed by atoms with Crippen molar-refractivity contribution < 1.29 is 14.3 Å². The molecular weight excluding hydrogens is 278 g/mol. The molecular formula is C15H20ClNO3. The van der Waals surface area contributed by atoms with Gasteiger partial charge in [0.15, 0.2) is 0 Å². The summed E-state index contributed by atoms with van der Waals surface area (Å²) >= 11 is 6.08. The second kappa shape index (κ2) is 6.84. The highest BCUT2D eigenvalue weighted by Crippen LogP contribution is 2.29. The van der Waals surface area contributed by atoms with E-state index in [0.717, 1.165) is 19.3 Å². The lowest BCUT2D eigenvalue weighted by Gasteiger charge is -2.13. The van der Waals surface area contributed by atoms with Crippen molar-refractivity contribution >= 4 is 17.5 Å². The van der Waals surface area contributed by atoms with Gasteiger partial charge in [-0.25, -0.2) is 0 Å². The monoisotopic (exact) mass is 297 g/mol. The quantitative estimate of drug-likeness (QED) is 0.850. The molecule has 0 radical (unpaired) electrons. The first-order chi connectivity index (χ1) is 9.63. The number of hydrogen-bond acceptors (Lipinski definition) is 3. The van der Waals surface area contributed by atoms with Crippen LogP contribution in [0, 0.1) is 5.92 Å². The van der Waals surface area contributed by atoms with Crippen molar-refractivity contribution in [3.05, 3.63) is 23.8 Å². The smallest absolute Gasteiger partial charge is 0.255 e. The van der Waals surface area contributed by atoms with Crippen LogP contribution in [0.1, 0.15) is 29.6 Å². The van der Waals surface area contributed by atoms with Gasteiger partial charge in [0.2, 0.25) is 0 Å². The molecule has 0 spiro atoms. The number of alkyl halides is 1. The Morgan fingerprint density at radius 1 is 1.35 bits per heavy atom. The molecule has 0 heterocycles. The zero-order valence-corrected chi connectivity index (χ0v) is 12.6. The van der Waals surface area contributed by atoms with Crippen LogP contribution in [0.25, 0.3) is 0 Å². The number of nitrogens with one attached hydrogen (secondary N) is 1. The summed E-state index contributed by atoms with van der Waals surface area (Å²) in [6.07, 6.45) is 3.07. The lowest BCUT2D eigenvalue weighted by Crippen LogP contribution is -2.28. The summed E-state index contributed by atoms with van der Waals surface area (Å²) in [5.41, 5.74) is 0.493. The number of rotatable bonds is 5. The van der Waals surface area contributed by atoms with Gasteiger partial charge < -0.3 is 14.8 Å². The number of halogens is 1. The van der Waals surface area contributed by atoms with Crippen molar-refractivity contribution in [3.8, 4) is 11.5 Å². The van der Waals surface area contributed by atoms with E-state index in [1.807, 2.05) is 0 Å². The summed E-state index contributed by atoms with van der Waals surface area (Å²) in [6, 6.07) is 5.19. The van der Waals surface area contributed by atoms with E-state index in [1.165, 1.54) is 0 Å². The van der Waals surface area contributed by atoms with E-state index >= 15 is 0 Å². The molecule has 20 heavy (non-hydrogen) atoms. The fourth-order valence-corrected chi connectivity index (χ4v) is 2.90. The molecule has 2 atom stereocenters. The first-order valence-electron chi connectivity index (χ1n) is 6.78. The van der Waals surface area contributed by atoms with E-state index in [9.17, 15) is 4.79 Å². The van der Waals surface area contributed by atoms with Crippen LogP contribution in [-0.2, 0) is 0 Å². The van der Waals surface area contributed by atoms with E-state index in [2.05, 4.69) is 5.32 Å². The van der Waals surface area contributed by atoms with Gasteiger partial charge in [0.1, 0.15) is 11.5 Å². The molecule has 5 heteroatoms. The third-order valence-electron chi connectivity index (χ3n) is 3.68. The van der Waals surface area contributed by atoms with Crippen molar-refractivity contribution in [2.24, 2.45) is 5.92 Å². The van der Waals surface area contributed by atoms with Crippen LogP contribution in [0.4, 0.5) is 0 Å². The minimum Gasteiger partial charge on any atom is -0.497 e. The number of carbonyl (C=O) groups is 1. The van der Waals surface area contributed by atoms with Gasteiger partial charge in [0, 0.05) is 11.9 Å². The summed E-state index contributed by atoms with van der Waals surface area (Å²) in [7, 11) is 3.12. The molecule has 2 rings (SSSR count). The molecule has 1 aliphatic carbocycles. The predicted octanol–water partition coefficient (Wildman–Crippen LogP) is 2.84. The van der Waals surface area contributed by atoms with Crippen LogP contribution in [0.2, 0.25) is 0 Å². The van der Waals surface area contributed by atoms with Gasteiger partial charge in [-0.2, -0.15) is 0 Å². The number of ether oxygens (including phenoxy) is 2. The van der Waals surface area contributed by atoms with E-state index in [4.69, 9.17) is 21.1 Å². The Labute approximate surface area is 124 Å². The average Bonchev–Trinajstić information content (AvgIpc) is 2.89. The van der Waals surface area contributed by atoms with Crippen LogP contribution < -0.4 is 14.8 Å². The molecule has 1 aromatic carbocycles. The zero-order chi connectivity index (χ0) is 14.5. The molecule has 0 aliphatic heterocycles.